The minimum Gasteiger partial charge on any atom is -0.327 e. The van der Waals surface area contributed by atoms with Gasteiger partial charge in [0.2, 0.25) is 5.91 Å². The molecule has 0 saturated heterocycles. The summed E-state index contributed by atoms with van der Waals surface area (Å²) >= 11 is 0. The summed E-state index contributed by atoms with van der Waals surface area (Å²) in [5, 5.41) is 2.63. The second-order valence-corrected chi connectivity index (χ2v) is 5.28. The van der Waals surface area contributed by atoms with Crippen LogP contribution in [0.25, 0.3) is 0 Å². The quantitative estimate of drug-likeness (QED) is 0.835. The number of hydrogen-bond donors (Lipinski definition) is 2. The van der Waals surface area contributed by atoms with Gasteiger partial charge < -0.3 is 11.1 Å². The van der Waals surface area contributed by atoms with Gasteiger partial charge in [-0.1, -0.05) is 0 Å². The largest absolute Gasteiger partial charge is 0.327 e. The average Bonchev–Trinajstić information content (AvgIpc) is 2.92. The van der Waals surface area contributed by atoms with E-state index < -0.39 is 5.82 Å². The summed E-state index contributed by atoms with van der Waals surface area (Å²) in [7, 11) is 0. The van der Waals surface area contributed by atoms with Crippen LogP contribution in [-0.4, -0.2) is 16.9 Å². The van der Waals surface area contributed by atoms with Gasteiger partial charge in [0.25, 0.3) is 0 Å². The van der Waals surface area contributed by atoms with Gasteiger partial charge in [-0.05, 0) is 37.2 Å². The lowest BCUT2D eigenvalue weighted by atomic mass is 9.84. The molecule has 1 amide bonds. The molecular formula is C13H16FN3O. The number of pyridine rings is 1. The van der Waals surface area contributed by atoms with Crippen molar-refractivity contribution in [1.82, 2.24) is 4.98 Å². The monoisotopic (exact) mass is 249 g/mol. The lowest BCUT2D eigenvalue weighted by Gasteiger charge is -2.27. The Morgan fingerprint density at radius 2 is 2.22 bits per heavy atom. The van der Waals surface area contributed by atoms with Crippen LogP contribution in [0.2, 0.25) is 0 Å². The molecule has 96 valence electrons. The van der Waals surface area contributed by atoms with Gasteiger partial charge in [-0.25, -0.2) is 4.39 Å². The van der Waals surface area contributed by atoms with Gasteiger partial charge in [-0.15, -0.1) is 0 Å². The van der Waals surface area contributed by atoms with E-state index in [0.29, 0.717) is 11.8 Å². The molecule has 2 aliphatic carbocycles. The Bertz CT molecular complexity index is 477. The highest BCUT2D eigenvalue weighted by atomic mass is 19.1. The van der Waals surface area contributed by atoms with E-state index in [0.717, 1.165) is 25.5 Å². The van der Waals surface area contributed by atoms with Gasteiger partial charge in [0.15, 0.2) is 5.82 Å². The molecule has 0 aliphatic heterocycles. The minimum absolute atomic E-state index is 0.0753. The summed E-state index contributed by atoms with van der Waals surface area (Å²) in [5.41, 5.74) is 6.28. The smallest absolute Gasteiger partial charge is 0.229 e. The van der Waals surface area contributed by atoms with Gasteiger partial charge in [0.1, 0.15) is 0 Å². The molecule has 4 unspecified atom stereocenters. The van der Waals surface area contributed by atoms with Crippen LogP contribution in [0, 0.1) is 23.6 Å². The number of nitrogens with two attached hydrogens (primary N) is 1. The molecule has 0 radical (unpaired) electrons. The van der Waals surface area contributed by atoms with Crippen LogP contribution in [0.1, 0.15) is 19.3 Å². The van der Waals surface area contributed by atoms with Gasteiger partial charge in [-0.3, -0.25) is 9.78 Å². The van der Waals surface area contributed by atoms with E-state index in [4.69, 9.17) is 5.73 Å². The first kappa shape index (κ1) is 11.6. The molecule has 3 rings (SSSR count). The van der Waals surface area contributed by atoms with E-state index >= 15 is 0 Å². The molecule has 4 nitrogen and oxygen atoms in total. The standard InChI is InChI=1S/C13H16FN3O/c14-9-6-16-4-3-10(9)17-13(18)11-7-1-2-8(5-7)12(11)15/h3-4,6-8,11-12H,1-2,5,15H2,(H,16,17,18). The topological polar surface area (TPSA) is 68.0 Å². The van der Waals surface area contributed by atoms with Crippen LogP contribution in [0.5, 0.6) is 0 Å². The molecule has 1 aromatic rings. The van der Waals surface area contributed by atoms with E-state index in [1.807, 2.05) is 0 Å². The Morgan fingerprint density at radius 1 is 1.44 bits per heavy atom. The van der Waals surface area contributed by atoms with E-state index in [1.54, 1.807) is 0 Å². The number of rotatable bonds is 2. The second kappa shape index (κ2) is 4.31. The highest BCUT2D eigenvalue weighted by Crippen LogP contribution is 2.47. The van der Waals surface area contributed by atoms with Crippen LogP contribution < -0.4 is 11.1 Å². The summed E-state index contributed by atoms with van der Waals surface area (Å²) in [6.45, 7) is 0. The zero-order valence-corrected chi connectivity index (χ0v) is 9.97. The Hall–Kier alpha value is -1.49. The number of carbonyl (C=O) groups excluding carboxylic acids is 1. The molecule has 3 N–H and O–H groups in total. The number of nitrogens with one attached hydrogen (secondary N) is 1. The molecule has 2 aliphatic rings. The third-order valence-corrected chi connectivity index (χ3v) is 4.31. The molecule has 2 saturated carbocycles. The van der Waals surface area contributed by atoms with Crippen LogP contribution in [0.4, 0.5) is 10.1 Å². The molecular weight excluding hydrogens is 233 g/mol. The molecule has 4 atom stereocenters. The number of amides is 1. The maximum atomic E-state index is 13.4. The van der Waals surface area contributed by atoms with E-state index in [-0.39, 0.29) is 23.6 Å². The van der Waals surface area contributed by atoms with Crippen LogP contribution in [-0.2, 0) is 4.79 Å². The third-order valence-electron chi connectivity index (χ3n) is 4.31. The van der Waals surface area contributed by atoms with Crippen LogP contribution in [0.15, 0.2) is 18.5 Å². The first-order valence-corrected chi connectivity index (χ1v) is 6.33. The molecule has 0 spiro atoms. The van der Waals surface area contributed by atoms with Crippen molar-refractivity contribution < 1.29 is 9.18 Å². The number of hydrogen-bond acceptors (Lipinski definition) is 3. The van der Waals surface area contributed by atoms with E-state index in [1.165, 1.54) is 12.3 Å². The molecule has 18 heavy (non-hydrogen) atoms. The van der Waals surface area contributed by atoms with Crippen molar-refractivity contribution in [2.75, 3.05) is 5.32 Å². The molecule has 0 aromatic carbocycles. The third kappa shape index (κ3) is 1.79. The normalized spacial score (nSPS) is 33.7. The lowest BCUT2D eigenvalue weighted by molar-refractivity contribution is -0.121. The van der Waals surface area contributed by atoms with Gasteiger partial charge >= 0.3 is 0 Å². The number of halogens is 1. The maximum Gasteiger partial charge on any atom is 0.229 e. The predicted octanol–water partition coefficient (Wildman–Crippen LogP) is 1.53. The highest BCUT2D eigenvalue weighted by Gasteiger charge is 2.49. The summed E-state index contributed by atoms with van der Waals surface area (Å²) in [5.74, 6) is 0.00151. The highest BCUT2D eigenvalue weighted by molar-refractivity contribution is 5.93. The van der Waals surface area contributed by atoms with Crippen molar-refractivity contribution in [2.24, 2.45) is 23.5 Å². The number of carbonyl (C=O) groups is 1. The maximum absolute atomic E-state index is 13.4. The van der Waals surface area contributed by atoms with Gasteiger partial charge in [-0.2, -0.15) is 0 Å². The fourth-order valence-electron chi connectivity index (χ4n) is 3.42. The fourth-order valence-corrected chi connectivity index (χ4v) is 3.42. The Labute approximate surface area is 105 Å². The summed E-state index contributed by atoms with van der Waals surface area (Å²) in [6, 6.07) is 1.39. The number of fused-ring (bicyclic) bond motifs is 2. The molecule has 2 fully saturated rings. The number of nitrogens with zero attached hydrogens (tertiary/aromatic N) is 1. The van der Waals surface area contributed by atoms with Crippen molar-refractivity contribution in [3.8, 4) is 0 Å². The Kier molecular flexibility index (Phi) is 2.78. The Morgan fingerprint density at radius 3 is 2.89 bits per heavy atom. The Balaban J connectivity index is 1.74. The SMILES string of the molecule is NC1C2CCC(C2)C1C(=O)Nc1ccncc1F. The van der Waals surface area contributed by atoms with Crippen molar-refractivity contribution in [3.63, 3.8) is 0 Å². The first-order valence-electron chi connectivity index (χ1n) is 6.33. The van der Waals surface area contributed by atoms with E-state index in [9.17, 15) is 9.18 Å². The van der Waals surface area contributed by atoms with Crippen molar-refractivity contribution in [2.45, 2.75) is 25.3 Å². The van der Waals surface area contributed by atoms with Crippen molar-refractivity contribution in [3.05, 3.63) is 24.3 Å². The average molecular weight is 249 g/mol. The molecule has 1 aromatic heterocycles. The zero-order chi connectivity index (χ0) is 12.7. The first-order chi connectivity index (χ1) is 8.66. The van der Waals surface area contributed by atoms with Crippen LogP contribution in [0.3, 0.4) is 0 Å². The minimum atomic E-state index is -0.512. The second-order valence-electron chi connectivity index (χ2n) is 5.28. The predicted molar refractivity (Wildman–Crippen MR) is 65.1 cm³/mol. The van der Waals surface area contributed by atoms with E-state index in [2.05, 4.69) is 10.3 Å². The summed E-state index contributed by atoms with van der Waals surface area (Å²) in [6.07, 6.45) is 5.78. The molecule has 2 bridgehead atoms. The van der Waals surface area contributed by atoms with Crippen LogP contribution >= 0.6 is 0 Å². The lowest BCUT2D eigenvalue weighted by Crippen LogP contribution is -2.42. The summed E-state index contributed by atoms with van der Waals surface area (Å²) in [4.78, 5) is 15.8. The number of aromatic nitrogens is 1. The molecule has 5 heteroatoms. The van der Waals surface area contributed by atoms with Crippen molar-refractivity contribution in [1.29, 1.82) is 0 Å². The fraction of sp³-hybridized carbons (Fsp3) is 0.538. The van der Waals surface area contributed by atoms with Crippen molar-refractivity contribution >= 4 is 11.6 Å². The number of anilines is 1. The van der Waals surface area contributed by atoms with Gasteiger partial charge in [0.05, 0.1) is 17.8 Å². The van der Waals surface area contributed by atoms with Gasteiger partial charge in [0, 0.05) is 12.2 Å². The molecule has 1 heterocycles. The zero-order valence-electron chi connectivity index (χ0n) is 9.97. The summed E-state index contributed by atoms with van der Waals surface area (Å²) < 4.78 is 13.4.